The number of aryl methyl sites for hydroxylation is 1. The maximum atomic E-state index is 13.5. The number of nitrogens with zero attached hydrogens (tertiary/aromatic N) is 4. The van der Waals surface area contributed by atoms with E-state index < -0.39 is 41.2 Å². The Morgan fingerprint density at radius 2 is 1.95 bits per heavy atom. The molecule has 1 fully saturated rings. The third-order valence-electron chi connectivity index (χ3n) is 5.73. The molecule has 2 N–H and O–H groups in total. The number of rotatable bonds is 8. The molecule has 3 aromatic rings. The van der Waals surface area contributed by atoms with Crippen LogP contribution in [-0.4, -0.2) is 75.3 Å². The van der Waals surface area contributed by atoms with Gasteiger partial charge in [0, 0.05) is 18.5 Å². The molecule has 0 spiro atoms. The van der Waals surface area contributed by atoms with Crippen molar-refractivity contribution in [2.24, 2.45) is 0 Å². The number of carbonyl (C=O) groups excluding carboxylic acids is 2. The summed E-state index contributed by atoms with van der Waals surface area (Å²) in [4.78, 5) is 26.7. The second kappa shape index (κ2) is 12.3. The van der Waals surface area contributed by atoms with Gasteiger partial charge in [-0.2, -0.15) is 15.3 Å². The normalized spacial score (nSPS) is 15.6. The van der Waals surface area contributed by atoms with Gasteiger partial charge < -0.3 is 24.4 Å². The molecule has 0 radical (unpaired) electrons. The number of aromatic amines is 1. The minimum Gasteiger partial charge on any atom is -0.485 e. The van der Waals surface area contributed by atoms with Crippen LogP contribution in [-0.2, 0) is 20.7 Å². The predicted octanol–water partition coefficient (Wildman–Crippen LogP) is 3.87. The average molecular weight is 563 g/mol. The van der Waals surface area contributed by atoms with E-state index in [-0.39, 0.29) is 49.7 Å². The average Bonchev–Trinajstić information content (AvgIpc) is 3.31. The molecule has 1 atom stereocenters. The molecule has 214 valence electrons. The van der Waals surface area contributed by atoms with E-state index in [1.807, 2.05) is 0 Å². The van der Waals surface area contributed by atoms with Crippen LogP contribution < -0.4 is 10.1 Å². The lowest BCUT2D eigenvalue weighted by Crippen LogP contribution is -2.49. The molecule has 2 aromatic heterocycles. The number of aromatic nitrogens is 4. The van der Waals surface area contributed by atoms with Crippen molar-refractivity contribution in [2.45, 2.75) is 45.3 Å². The summed E-state index contributed by atoms with van der Waals surface area (Å²) in [6.45, 7) is 6.25. The zero-order valence-electron chi connectivity index (χ0n) is 22.2. The maximum absolute atomic E-state index is 13.5. The van der Waals surface area contributed by atoms with Crippen molar-refractivity contribution in [3.63, 3.8) is 0 Å². The molecule has 1 unspecified atom stereocenters. The van der Waals surface area contributed by atoms with Crippen LogP contribution in [0.3, 0.4) is 0 Å². The Morgan fingerprint density at radius 3 is 2.62 bits per heavy atom. The molecule has 1 aliphatic heterocycles. The van der Waals surface area contributed by atoms with Crippen molar-refractivity contribution in [1.82, 2.24) is 25.3 Å². The van der Waals surface area contributed by atoms with Crippen LogP contribution in [0.15, 0.2) is 30.6 Å². The first kappa shape index (κ1) is 28.8. The number of hydrogen-bond donors (Lipinski definition) is 2. The Balaban J connectivity index is 1.44. The summed E-state index contributed by atoms with van der Waals surface area (Å²) in [5, 5.41) is 17.2. The Hall–Kier alpha value is -4.20. The number of anilines is 1. The number of ether oxygens (including phenoxy) is 3. The number of hydrogen-bond acceptors (Lipinski definition) is 8. The fourth-order valence-electron chi connectivity index (χ4n) is 3.88. The van der Waals surface area contributed by atoms with Gasteiger partial charge in [0.1, 0.15) is 24.0 Å². The summed E-state index contributed by atoms with van der Waals surface area (Å²) in [7, 11) is 0. The van der Waals surface area contributed by atoms with Crippen molar-refractivity contribution in [3.8, 4) is 17.0 Å². The fraction of sp³-hybridized carbons (Fsp3) is 0.423. The Bertz CT molecular complexity index is 1330. The highest BCUT2D eigenvalue weighted by atomic mass is 19.2. The third kappa shape index (κ3) is 7.46. The van der Waals surface area contributed by atoms with E-state index in [1.54, 1.807) is 26.8 Å². The summed E-state index contributed by atoms with van der Waals surface area (Å²) in [6, 6.07) is 3.34. The van der Waals surface area contributed by atoms with Gasteiger partial charge in [0.15, 0.2) is 29.0 Å². The second-order valence-corrected chi connectivity index (χ2v) is 10.1. The molecule has 4 rings (SSSR count). The number of morpholine rings is 1. The standard InChI is InChI=1S/C26H29F3N6O5/c1-26(2,3)40-25(37)35-8-9-38-17(13-35)14-39-23-22(16-6-7-30-31-12-16)33-34-24(23)32-20(36)5-4-15-10-18(27)21(29)19(28)11-15/h6-7,10-12,17H,4-5,8-9,13-14H2,1-3H3,(H2,32,33,34,36). The van der Waals surface area contributed by atoms with Gasteiger partial charge in [0.05, 0.1) is 25.5 Å². The van der Waals surface area contributed by atoms with E-state index in [0.717, 1.165) is 12.1 Å². The van der Waals surface area contributed by atoms with Gasteiger partial charge in [0.25, 0.3) is 0 Å². The van der Waals surface area contributed by atoms with E-state index in [2.05, 4.69) is 25.7 Å². The number of amides is 2. The fourth-order valence-corrected chi connectivity index (χ4v) is 3.88. The molecule has 1 aliphatic rings. The molecule has 40 heavy (non-hydrogen) atoms. The van der Waals surface area contributed by atoms with Crippen molar-refractivity contribution >= 4 is 17.8 Å². The van der Waals surface area contributed by atoms with Crippen molar-refractivity contribution in [3.05, 3.63) is 53.6 Å². The molecule has 0 aliphatic carbocycles. The third-order valence-corrected chi connectivity index (χ3v) is 5.73. The van der Waals surface area contributed by atoms with Gasteiger partial charge in [-0.1, -0.05) is 0 Å². The second-order valence-electron chi connectivity index (χ2n) is 10.1. The summed E-state index contributed by atoms with van der Waals surface area (Å²) < 4.78 is 57.5. The van der Waals surface area contributed by atoms with Crippen LogP contribution in [0.2, 0.25) is 0 Å². The van der Waals surface area contributed by atoms with Crippen LogP contribution in [0, 0.1) is 17.5 Å². The Labute approximate surface area is 228 Å². The molecule has 3 heterocycles. The highest BCUT2D eigenvalue weighted by molar-refractivity contribution is 5.92. The van der Waals surface area contributed by atoms with Crippen LogP contribution in [0.5, 0.6) is 5.75 Å². The van der Waals surface area contributed by atoms with Crippen molar-refractivity contribution < 1.29 is 37.0 Å². The summed E-state index contributed by atoms with van der Waals surface area (Å²) in [5.74, 6) is -4.41. The molecule has 11 nitrogen and oxygen atoms in total. The zero-order valence-corrected chi connectivity index (χ0v) is 22.2. The molecule has 0 bridgehead atoms. The van der Waals surface area contributed by atoms with Gasteiger partial charge in [-0.25, -0.2) is 18.0 Å². The topological polar surface area (TPSA) is 132 Å². The zero-order chi connectivity index (χ0) is 28.9. The molecular weight excluding hydrogens is 533 g/mol. The minimum atomic E-state index is -1.57. The van der Waals surface area contributed by atoms with Crippen LogP contribution >= 0.6 is 0 Å². The summed E-state index contributed by atoms with van der Waals surface area (Å²) >= 11 is 0. The molecule has 1 saturated heterocycles. The van der Waals surface area contributed by atoms with Crippen LogP contribution in [0.1, 0.15) is 32.8 Å². The van der Waals surface area contributed by atoms with Gasteiger partial charge in [-0.05, 0) is 51.0 Å². The number of benzene rings is 1. The summed E-state index contributed by atoms with van der Waals surface area (Å²) in [6.07, 6.45) is 1.78. The smallest absolute Gasteiger partial charge is 0.410 e. The number of nitrogens with one attached hydrogen (secondary N) is 2. The first-order valence-electron chi connectivity index (χ1n) is 12.5. The van der Waals surface area contributed by atoms with Gasteiger partial charge in [-0.3, -0.25) is 9.89 Å². The predicted molar refractivity (Wildman–Crippen MR) is 136 cm³/mol. The Kier molecular flexibility index (Phi) is 8.87. The molecule has 1 aromatic carbocycles. The SMILES string of the molecule is CC(C)(C)OC(=O)N1CCOC(COc2c(-c3ccnnc3)n[nH]c2NC(=O)CCc2cc(F)c(F)c(F)c2)C1. The van der Waals surface area contributed by atoms with Gasteiger partial charge in [-0.15, -0.1) is 0 Å². The first-order valence-corrected chi connectivity index (χ1v) is 12.5. The Morgan fingerprint density at radius 1 is 1.20 bits per heavy atom. The quantitative estimate of drug-likeness (QED) is 0.396. The monoisotopic (exact) mass is 562 g/mol. The molecule has 14 heteroatoms. The lowest BCUT2D eigenvalue weighted by molar-refractivity contribution is -0.116. The number of halogens is 3. The largest absolute Gasteiger partial charge is 0.485 e. The number of carbonyl (C=O) groups is 2. The first-order chi connectivity index (χ1) is 19.0. The highest BCUT2D eigenvalue weighted by Crippen LogP contribution is 2.34. The van der Waals surface area contributed by atoms with Crippen molar-refractivity contribution in [2.75, 3.05) is 31.6 Å². The van der Waals surface area contributed by atoms with E-state index in [9.17, 15) is 22.8 Å². The van der Waals surface area contributed by atoms with Gasteiger partial charge >= 0.3 is 6.09 Å². The van der Waals surface area contributed by atoms with Crippen molar-refractivity contribution in [1.29, 1.82) is 0 Å². The highest BCUT2D eigenvalue weighted by Gasteiger charge is 2.29. The summed E-state index contributed by atoms with van der Waals surface area (Å²) in [5.41, 5.74) is 0.379. The van der Waals surface area contributed by atoms with Gasteiger partial charge in [0.2, 0.25) is 5.91 Å². The minimum absolute atomic E-state index is 0.0152. The molecular formula is C26H29F3N6O5. The lowest BCUT2D eigenvalue weighted by atomic mass is 10.1. The lowest BCUT2D eigenvalue weighted by Gasteiger charge is -2.34. The van der Waals surface area contributed by atoms with E-state index >= 15 is 0 Å². The molecule has 2 amide bonds. The van der Waals surface area contributed by atoms with E-state index in [4.69, 9.17) is 14.2 Å². The van der Waals surface area contributed by atoms with E-state index in [0.29, 0.717) is 17.8 Å². The van der Waals surface area contributed by atoms with Crippen LogP contribution in [0.4, 0.5) is 23.8 Å². The maximum Gasteiger partial charge on any atom is 0.410 e. The molecule has 0 saturated carbocycles. The van der Waals surface area contributed by atoms with Crippen LogP contribution in [0.25, 0.3) is 11.3 Å². The number of H-pyrrole nitrogens is 1. The van der Waals surface area contributed by atoms with E-state index in [1.165, 1.54) is 17.3 Å².